The van der Waals surface area contributed by atoms with Crippen LogP contribution in [0.15, 0.2) is 65.4 Å². The average molecular weight is 279 g/mol. The van der Waals surface area contributed by atoms with Gasteiger partial charge in [0.2, 0.25) is 0 Å². The smallest absolute Gasteiger partial charge is 0.183 e. The second-order valence-corrected chi connectivity index (χ2v) is 4.57. The number of aromatic nitrogens is 3. The minimum Gasteiger partial charge on any atom is -0.461 e. The highest BCUT2D eigenvalue weighted by Gasteiger charge is 2.17. The van der Waals surface area contributed by atoms with Gasteiger partial charge in [-0.15, -0.1) is 0 Å². The Labute approximate surface area is 119 Å². The molecular weight excluding hydrogens is 269 g/mol. The Hall–Kier alpha value is -2.95. The fourth-order valence-electron chi connectivity index (χ4n) is 2.34. The molecule has 0 aliphatic rings. The van der Waals surface area contributed by atoms with E-state index in [9.17, 15) is 4.39 Å². The zero-order chi connectivity index (χ0) is 14.2. The Morgan fingerprint density at radius 2 is 2.00 bits per heavy atom. The first-order valence-electron chi connectivity index (χ1n) is 6.46. The Balaban J connectivity index is 2.08. The summed E-state index contributed by atoms with van der Waals surface area (Å²) in [4.78, 5) is 8.90. The van der Waals surface area contributed by atoms with E-state index in [1.54, 1.807) is 29.2 Å². The Bertz CT molecular complexity index is 912. The number of imidazole rings is 1. The van der Waals surface area contributed by atoms with Crippen LogP contribution in [0.5, 0.6) is 0 Å². The van der Waals surface area contributed by atoms with Crippen LogP contribution in [0.4, 0.5) is 4.39 Å². The fourth-order valence-corrected chi connectivity index (χ4v) is 2.34. The molecule has 3 aromatic heterocycles. The van der Waals surface area contributed by atoms with Gasteiger partial charge in [0.05, 0.1) is 12.0 Å². The normalized spacial score (nSPS) is 11.1. The summed E-state index contributed by atoms with van der Waals surface area (Å²) in [5.41, 5.74) is 2.05. The van der Waals surface area contributed by atoms with Gasteiger partial charge in [-0.3, -0.25) is 4.57 Å². The van der Waals surface area contributed by atoms with E-state index in [0.717, 1.165) is 5.52 Å². The van der Waals surface area contributed by atoms with Gasteiger partial charge >= 0.3 is 0 Å². The molecule has 0 radical (unpaired) electrons. The van der Waals surface area contributed by atoms with Crippen LogP contribution in [0.1, 0.15) is 0 Å². The van der Waals surface area contributed by atoms with Gasteiger partial charge in [-0.25, -0.2) is 14.4 Å². The van der Waals surface area contributed by atoms with Crippen molar-refractivity contribution in [2.45, 2.75) is 0 Å². The maximum absolute atomic E-state index is 13.6. The molecule has 4 aromatic rings. The van der Waals surface area contributed by atoms with Crippen LogP contribution in [-0.2, 0) is 0 Å². The van der Waals surface area contributed by atoms with E-state index in [0.29, 0.717) is 22.9 Å². The zero-order valence-electron chi connectivity index (χ0n) is 10.9. The summed E-state index contributed by atoms with van der Waals surface area (Å²) < 4.78 is 20.8. The predicted octanol–water partition coefficient (Wildman–Crippen LogP) is 3.82. The third-order valence-electron chi connectivity index (χ3n) is 3.22. The fraction of sp³-hybridized carbons (Fsp3) is 0. The van der Waals surface area contributed by atoms with E-state index >= 15 is 0 Å². The minimum atomic E-state index is -0.310. The van der Waals surface area contributed by atoms with E-state index in [4.69, 9.17) is 4.42 Å². The molecule has 0 bridgehead atoms. The van der Waals surface area contributed by atoms with Gasteiger partial charge in [-0.2, -0.15) is 0 Å². The molecule has 3 heterocycles. The monoisotopic (exact) mass is 279 g/mol. The molecular formula is C16H10FN3O. The number of hydrogen-bond acceptors (Lipinski definition) is 3. The molecule has 0 fully saturated rings. The van der Waals surface area contributed by atoms with Crippen molar-refractivity contribution in [2.24, 2.45) is 0 Å². The van der Waals surface area contributed by atoms with Gasteiger partial charge in [0.1, 0.15) is 11.3 Å². The number of hydrogen-bond donors (Lipinski definition) is 0. The predicted molar refractivity (Wildman–Crippen MR) is 76.5 cm³/mol. The maximum atomic E-state index is 13.6. The highest BCUT2D eigenvalue weighted by atomic mass is 19.1. The first-order chi connectivity index (χ1) is 10.3. The third kappa shape index (κ3) is 1.90. The quantitative estimate of drug-likeness (QED) is 0.560. The molecule has 0 unspecified atom stereocenters. The van der Waals surface area contributed by atoms with E-state index in [2.05, 4.69) is 9.97 Å². The molecule has 5 heteroatoms. The lowest BCUT2D eigenvalue weighted by molar-refractivity contribution is 0.576. The summed E-state index contributed by atoms with van der Waals surface area (Å²) in [6.45, 7) is 0. The second-order valence-electron chi connectivity index (χ2n) is 4.57. The van der Waals surface area contributed by atoms with Crippen molar-refractivity contribution in [3.63, 3.8) is 0 Å². The largest absolute Gasteiger partial charge is 0.461 e. The van der Waals surface area contributed by atoms with Gasteiger partial charge in [0.25, 0.3) is 0 Å². The van der Waals surface area contributed by atoms with Gasteiger partial charge < -0.3 is 4.42 Å². The SMILES string of the molecule is Fc1cccc(-n2c(-c3ccco3)nc3cccnc32)c1. The van der Waals surface area contributed by atoms with E-state index in [-0.39, 0.29) is 5.82 Å². The minimum absolute atomic E-state index is 0.310. The summed E-state index contributed by atoms with van der Waals surface area (Å²) in [6, 6.07) is 13.6. The molecule has 0 aliphatic carbocycles. The molecule has 0 N–H and O–H groups in total. The summed E-state index contributed by atoms with van der Waals surface area (Å²) >= 11 is 0. The van der Waals surface area contributed by atoms with Crippen molar-refractivity contribution in [1.82, 2.24) is 14.5 Å². The summed E-state index contributed by atoms with van der Waals surface area (Å²) in [5.74, 6) is 0.896. The third-order valence-corrected chi connectivity index (χ3v) is 3.22. The molecule has 0 aliphatic heterocycles. The maximum Gasteiger partial charge on any atom is 0.183 e. The average Bonchev–Trinajstić information content (AvgIpc) is 3.14. The summed E-state index contributed by atoms with van der Waals surface area (Å²) in [7, 11) is 0. The molecule has 4 nitrogen and oxygen atoms in total. The van der Waals surface area contributed by atoms with Crippen molar-refractivity contribution >= 4 is 11.2 Å². The molecule has 1 aromatic carbocycles. The van der Waals surface area contributed by atoms with Crippen LogP contribution in [0, 0.1) is 5.82 Å². The lowest BCUT2D eigenvalue weighted by Crippen LogP contribution is -1.98. The molecule has 0 atom stereocenters. The number of nitrogens with zero attached hydrogens (tertiary/aromatic N) is 3. The number of rotatable bonds is 2. The molecule has 0 spiro atoms. The second kappa shape index (κ2) is 4.56. The number of benzene rings is 1. The van der Waals surface area contributed by atoms with Crippen LogP contribution in [0.25, 0.3) is 28.4 Å². The van der Waals surface area contributed by atoms with Gasteiger partial charge in [-0.1, -0.05) is 6.07 Å². The molecule has 102 valence electrons. The molecule has 21 heavy (non-hydrogen) atoms. The zero-order valence-corrected chi connectivity index (χ0v) is 10.9. The Kier molecular flexibility index (Phi) is 2.57. The van der Waals surface area contributed by atoms with Gasteiger partial charge in [-0.05, 0) is 42.5 Å². The number of halogens is 1. The standard InChI is InChI=1S/C16H10FN3O/c17-11-4-1-5-12(10-11)20-15-13(6-2-8-18-15)19-16(20)14-7-3-9-21-14/h1-10H. The molecule has 0 amide bonds. The van der Waals surface area contributed by atoms with Crippen LogP contribution in [-0.4, -0.2) is 14.5 Å². The topological polar surface area (TPSA) is 43.9 Å². The van der Waals surface area contributed by atoms with Crippen LogP contribution in [0.2, 0.25) is 0 Å². The van der Waals surface area contributed by atoms with E-state index < -0.39 is 0 Å². The van der Waals surface area contributed by atoms with Crippen molar-refractivity contribution in [2.75, 3.05) is 0 Å². The van der Waals surface area contributed by atoms with E-state index in [1.807, 2.05) is 24.3 Å². The van der Waals surface area contributed by atoms with Crippen LogP contribution >= 0.6 is 0 Å². The number of furan rings is 1. The summed E-state index contributed by atoms with van der Waals surface area (Å²) in [6.07, 6.45) is 3.27. The van der Waals surface area contributed by atoms with E-state index in [1.165, 1.54) is 12.1 Å². The lowest BCUT2D eigenvalue weighted by Gasteiger charge is -2.07. The van der Waals surface area contributed by atoms with Gasteiger partial charge in [0.15, 0.2) is 17.2 Å². The lowest BCUT2D eigenvalue weighted by atomic mass is 10.3. The van der Waals surface area contributed by atoms with Gasteiger partial charge in [0, 0.05) is 6.20 Å². The van der Waals surface area contributed by atoms with Crippen molar-refractivity contribution in [3.8, 4) is 17.3 Å². The number of fused-ring (bicyclic) bond motifs is 1. The highest BCUT2D eigenvalue weighted by Crippen LogP contribution is 2.27. The van der Waals surface area contributed by atoms with Crippen molar-refractivity contribution in [3.05, 3.63) is 66.8 Å². The molecule has 0 saturated carbocycles. The Morgan fingerprint density at radius 3 is 2.81 bits per heavy atom. The van der Waals surface area contributed by atoms with Crippen LogP contribution < -0.4 is 0 Å². The summed E-state index contributed by atoms with van der Waals surface area (Å²) in [5, 5.41) is 0. The first-order valence-corrected chi connectivity index (χ1v) is 6.46. The molecule has 4 rings (SSSR count). The first kappa shape index (κ1) is 11.8. The molecule has 0 saturated heterocycles. The van der Waals surface area contributed by atoms with Crippen molar-refractivity contribution < 1.29 is 8.81 Å². The Morgan fingerprint density at radius 1 is 1.05 bits per heavy atom. The highest BCUT2D eigenvalue weighted by molar-refractivity contribution is 5.78. The number of pyridine rings is 1. The van der Waals surface area contributed by atoms with Crippen LogP contribution in [0.3, 0.4) is 0 Å². The van der Waals surface area contributed by atoms with Crippen molar-refractivity contribution in [1.29, 1.82) is 0 Å².